The number of amides is 2. The van der Waals surface area contributed by atoms with E-state index in [4.69, 9.17) is 0 Å². The van der Waals surface area contributed by atoms with E-state index in [1.165, 1.54) is 6.42 Å². The van der Waals surface area contributed by atoms with E-state index in [1.807, 2.05) is 13.8 Å². The van der Waals surface area contributed by atoms with Crippen molar-refractivity contribution < 1.29 is 9.59 Å². The van der Waals surface area contributed by atoms with Crippen LogP contribution >= 0.6 is 0 Å². The molecule has 0 unspecified atom stereocenters. The van der Waals surface area contributed by atoms with Gasteiger partial charge in [-0.05, 0) is 24.7 Å². The Balaban J connectivity index is 2.34. The maximum absolute atomic E-state index is 11.6. The molecule has 4 nitrogen and oxygen atoms in total. The minimum atomic E-state index is -0.503. The van der Waals surface area contributed by atoms with E-state index in [9.17, 15) is 9.59 Å². The fraction of sp³-hybridized carbons (Fsp3) is 0.846. The van der Waals surface area contributed by atoms with Crippen LogP contribution in [0.2, 0.25) is 0 Å². The van der Waals surface area contributed by atoms with Gasteiger partial charge < -0.3 is 10.6 Å². The minimum absolute atomic E-state index is 0.168. The monoisotopic (exact) mass is 240 g/mol. The van der Waals surface area contributed by atoms with Crippen LogP contribution in [0.3, 0.4) is 0 Å². The quantitative estimate of drug-likeness (QED) is 0.734. The summed E-state index contributed by atoms with van der Waals surface area (Å²) >= 11 is 0. The lowest BCUT2D eigenvalue weighted by Gasteiger charge is -2.29. The third-order valence-corrected chi connectivity index (χ3v) is 3.31. The highest BCUT2D eigenvalue weighted by Crippen LogP contribution is 2.23. The maximum Gasteiger partial charge on any atom is 0.309 e. The van der Waals surface area contributed by atoms with E-state index in [-0.39, 0.29) is 6.04 Å². The Bertz CT molecular complexity index is 277. The second-order valence-electron chi connectivity index (χ2n) is 5.45. The molecule has 0 saturated heterocycles. The van der Waals surface area contributed by atoms with Crippen LogP contribution in [-0.2, 0) is 9.59 Å². The molecule has 1 saturated carbocycles. The number of carbonyl (C=O) groups is 2. The molecule has 4 heteroatoms. The lowest BCUT2D eigenvalue weighted by atomic mass is 9.86. The third kappa shape index (κ3) is 4.75. The first-order valence-corrected chi connectivity index (χ1v) is 6.59. The fourth-order valence-electron chi connectivity index (χ4n) is 2.14. The van der Waals surface area contributed by atoms with Crippen molar-refractivity contribution in [2.24, 2.45) is 11.8 Å². The van der Waals surface area contributed by atoms with Gasteiger partial charge in [-0.25, -0.2) is 0 Å². The molecule has 0 radical (unpaired) electrons. The molecule has 0 aromatic rings. The van der Waals surface area contributed by atoms with Gasteiger partial charge in [0, 0.05) is 12.6 Å². The largest absolute Gasteiger partial charge is 0.348 e. The van der Waals surface area contributed by atoms with E-state index >= 15 is 0 Å². The average Bonchev–Trinajstić information content (AvgIpc) is 2.28. The molecule has 0 aromatic carbocycles. The maximum atomic E-state index is 11.6. The summed E-state index contributed by atoms with van der Waals surface area (Å²) in [4.78, 5) is 23.2. The van der Waals surface area contributed by atoms with Gasteiger partial charge in [-0.3, -0.25) is 9.59 Å². The van der Waals surface area contributed by atoms with Crippen molar-refractivity contribution in [2.45, 2.75) is 52.5 Å². The molecular weight excluding hydrogens is 216 g/mol. The molecular formula is C13H24N2O2. The molecule has 2 N–H and O–H groups in total. The van der Waals surface area contributed by atoms with Gasteiger partial charge in [0.15, 0.2) is 0 Å². The summed E-state index contributed by atoms with van der Waals surface area (Å²) in [5.41, 5.74) is 0. The van der Waals surface area contributed by atoms with Gasteiger partial charge in [-0.15, -0.1) is 0 Å². The number of hydrogen-bond donors (Lipinski definition) is 2. The van der Waals surface area contributed by atoms with E-state index in [1.54, 1.807) is 0 Å². The highest BCUT2D eigenvalue weighted by atomic mass is 16.2. The standard InChI is InChI=1S/C13H24N2O2/c1-9(2)8-14-12(16)13(17)15-11-7-5-4-6-10(11)3/h9-11H,4-8H2,1-3H3,(H,14,16)(H,15,17)/t10-,11+/m0/s1. The first-order chi connectivity index (χ1) is 8.00. The van der Waals surface area contributed by atoms with Crippen molar-refractivity contribution >= 4 is 11.8 Å². The summed E-state index contributed by atoms with van der Waals surface area (Å²) in [7, 11) is 0. The van der Waals surface area contributed by atoms with Crippen molar-refractivity contribution in [2.75, 3.05) is 6.54 Å². The molecule has 1 aliphatic carbocycles. The van der Waals surface area contributed by atoms with Crippen LogP contribution in [0.5, 0.6) is 0 Å². The molecule has 0 spiro atoms. The molecule has 1 rings (SSSR count). The minimum Gasteiger partial charge on any atom is -0.348 e. The molecule has 1 fully saturated rings. The summed E-state index contributed by atoms with van der Waals surface area (Å²) in [6.45, 7) is 6.69. The Hall–Kier alpha value is -1.06. The normalized spacial score (nSPS) is 24.5. The fourth-order valence-corrected chi connectivity index (χ4v) is 2.14. The molecule has 2 amide bonds. The van der Waals surface area contributed by atoms with Crippen molar-refractivity contribution in [3.63, 3.8) is 0 Å². The second-order valence-corrected chi connectivity index (χ2v) is 5.45. The van der Waals surface area contributed by atoms with Crippen LogP contribution in [0, 0.1) is 11.8 Å². The summed E-state index contributed by atoms with van der Waals surface area (Å²) in [6, 6.07) is 0.168. The molecule has 0 aliphatic heterocycles. The topological polar surface area (TPSA) is 58.2 Å². The summed E-state index contributed by atoms with van der Waals surface area (Å²) in [5.74, 6) is -0.146. The molecule has 0 heterocycles. The van der Waals surface area contributed by atoms with Crippen LogP contribution in [0.1, 0.15) is 46.5 Å². The zero-order chi connectivity index (χ0) is 12.8. The second kappa shape index (κ2) is 6.62. The SMILES string of the molecule is CC(C)CNC(=O)C(=O)N[C@@H]1CCCC[C@@H]1C. The van der Waals surface area contributed by atoms with Gasteiger partial charge in [0.05, 0.1) is 0 Å². The van der Waals surface area contributed by atoms with Crippen LogP contribution in [-0.4, -0.2) is 24.4 Å². The number of carbonyl (C=O) groups excluding carboxylic acids is 2. The van der Waals surface area contributed by atoms with E-state index in [2.05, 4.69) is 17.6 Å². The Morgan fingerprint density at radius 3 is 2.41 bits per heavy atom. The lowest BCUT2D eigenvalue weighted by Crippen LogP contribution is -2.48. The van der Waals surface area contributed by atoms with E-state index in [0.29, 0.717) is 18.4 Å². The molecule has 0 aromatic heterocycles. The van der Waals surface area contributed by atoms with Gasteiger partial charge >= 0.3 is 11.8 Å². The van der Waals surface area contributed by atoms with Gasteiger partial charge in [-0.1, -0.05) is 33.6 Å². The first kappa shape index (κ1) is 14.0. The van der Waals surface area contributed by atoms with Crippen LogP contribution in [0.25, 0.3) is 0 Å². The Morgan fingerprint density at radius 2 is 1.82 bits per heavy atom. The average molecular weight is 240 g/mol. The molecule has 0 bridgehead atoms. The number of rotatable bonds is 3. The van der Waals surface area contributed by atoms with Crippen LogP contribution in [0.15, 0.2) is 0 Å². The summed E-state index contributed by atoms with van der Waals surface area (Å²) in [5, 5.41) is 5.48. The van der Waals surface area contributed by atoms with E-state index in [0.717, 1.165) is 19.3 Å². The van der Waals surface area contributed by atoms with Crippen molar-refractivity contribution in [1.29, 1.82) is 0 Å². The van der Waals surface area contributed by atoms with Gasteiger partial charge in [-0.2, -0.15) is 0 Å². The predicted molar refractivity (Wildman–Crippen MR) is 67.4 cm³/mol. The molecule has 1 aliphatic rings. The zero-order valence-corrected chi connectivity index (χ0v) is 11.1. The third-order valence-electron chi connectivity index (χ3n) is 3.31. The van der Waals surface area contributed by atoms with Crippen LogP contribution in [0.4, 0.5) is 0 Å². The van der Waals surface area contributed by atoms with E-state index < -0.39 is 11.8 Å². The Labute approximate surface area is 104 Å². The lowest BCUT2D eigenvalue weighted by molar-refractivity contribution is -0.140. The van der Waals surface area contributed by atoms with Crippen molar-refractivity contribution in [1.82, 2.24) is 10.6 Å². The first-order valence-electron chi connectivity index (χ1n) is 6.59. The number of nitrogens with one attached hydrogen (secondary N) is 2. The Morgan fingerprint density at radius 1 is 1.18 bits per heavy atom. The van der Waals surface area contributed by atoms with Crippen molar-refractivity contribution in [3.05, 3.63) is 0 Å². The highest BCUT2D eigenvalue weighted by Gasteiger charge is 2.25. The van der Waals surface area contributed by atoms with Crippen LogP contribution < -0.4 is 10.6 Å². The smallest absolute Gasteiger partial charge is 0.309 e. The summed E-state index contributed by atoms with van der Waals surface area (Å²) < 4.78 is 0. The van der Waals surface area contributed by atoms with Gasteiger partial charge in [0.1, 0.15) is 0 Å². The molecule has 2 atom stereocenters. The molecule has 17 heavy (non-hydrogen) atoms. The van der Waals surface area contributed by atoms with Gasteiger partial charge in [0.2, 0.25) is 0 Å². The predicted octanol–water partition coefficient (Wildman–Crippen LogP) is 1.45. The number of hydrogen-bond acceptors (Lipinski definition) is 2. The molecule has 98 valence electrons. The summed E-state index contributed by atoms with van der Waals surface area (Å²) in [6.07, 6.45) is 4.50. The van der Waals surface area contributed by atoms with Crippen molar-refractivity contribution in [3.8, 4) is 0 Å². The zero-order valence-electron chi connectivity index (χ0n) is 11.1. The van der Waals surface area contributed by atoms with Gasteiger partial charge in [0.25, 0.3) is 0 Å². The highest BCUT2D eigenvalue weighted by molar-refractivity contribution is 6.35. The Kier molecular flexibility index (Phi) is 5.45.